The minimum Gasteiger partial charge on any atom is -0.443 e. The van der Waals surface area contributed by atoms with E-state index in [0.29, 0.717) is 19.4 Å². The average molecular weight is 618 g/mol. The Balaban J connectivity index is 1.56. The summed E-state index contributed by atoms with van der Waals surface area (Å²) in [5, 5.41) is 14.4. The van der Waals surface area contributed by atoms with Gasteiger partial charge in [0.2, 0.25) is 10.0 Å². The zero-order valence-corrected chi connectivity index (χ0v) is 25.8. The molecule has 2 aromatic carbocycles. The van der Waals surface area contributed by atoms with Crippen LogP contribution in [-0.4, -0.2) is 80.5 Å². The molecule has 2 heterocycles. The van der Waals surface area contributed by atoms with Crippen molar-refractivity contribution in [2.24, 2.45) is 11.3 Å². The molecule has 1 unspecified atom stereocenters. The van der Waals surface area contributed by atoms with Crippen molar-refractivity contribution in [1.29, 1.82) is 0 Å². The second-order valence-corrected chi connectivity index (χ2v) is 14.2. The summed E-state index contributed by atoms with van der Waals surface area (Å²) in [5.41, 5.74) is 6.44. The van der Waals surface area contributed by atoms with Gasteiger partial charge in [-0.25, -0.2) is 13.2 Å². The first-order valence-electron chi connectivity index (χ1n) is 14.6. The second kappa shape index (κ2) is 14.2. The molecule has 1 amide bonds. The quantitative estimate of drug-likeness (QED) is 0.271. The Morgan fingerprint density at radius 2 is 1.91 bits per heavy atom. The number of Topliss-reactive ketones (excluding diaryl/α,β-unsaturated/α-hetero) is 1. The predicted octanol–water partition coefficient (Wildman–Crippen LogP) is 3.11. The molecular weight excluding hydrogens is 574 g/mol. The van der Waals surface area contributed by atoms with Crippen molar-refractivity contribution in [2.75, 3.05) is 32.0 Å². The second-order valence-electron chi connectivity index (χ2n) is 12.2. The number of benzene rings is 2. The van der Waals surface area contributed by atoms with Crippen LogP contribution in [0.1, 0.15) is 45.6 Å². The zero-order chi connectivity index (χ0) is 31.2. The lowest BCUT2D eigenvalue weighted by Gasteiger charge is -2.35. The van der Waals surface area contributed by atoms with E-state index >= 15 is 0 Å². The van der Waals surface area contributed by atoms with E-state index in [1.54, 1.807) is 12.1 Å². The van der Waals surface area contributed by atoms with Gasteiger partial charge in [0.25, 0.3) is 0 Å². The number of ether oxygens (including phenoxy) is 3. The third-order valence-electron chi connectivity index (χ3n) is 7.95. The molecule has 2 aliphatic rings. The van der Waals surface area contributed by atoms with Crippen molar-refractivity contribution in [3.05, 3.63) is 60.2 Å². The molecule has 236 valence electrons. The van der Waals surface area contributed by atoms with Crippen LogP contribution in [0.2, 0.25) is 0 Å². The van der Waals surface area contributed by atoms with Gasteiger partial charge in [0, 0.05) is 25.2 Å². The van der Waals surface area contributed by atoms with E-state index in [0.717, 1.165) is 12.0 Å². The number of nitrogens with one attached hydrogen (secondary N) is 1. The number of sulfonamides is 1. The van der Waals surface area contributed by atoms with Gasteiger partial charge in [-0.3, -0.25) is 0 Å². The van der Waals surface area contributed by atoms with E-state index in [-0.39, 0.29) is 54.7 Å². The summed E-state index contributed by atoms with van der Waals surface area (Å²) in [6, 6.07) is 14.4. The van der Waals surface area contributed by atoms with Gasteiger partial charge >= 0.3 is 6.09 Å². The normalized spacial score (nSPS) is 21.7. The van der Waals surface area contributed by atoms with Crippen molar-refractivity contribution in [3.63, 3.8) is 0 Å². The van der Waals surface area contributed by atoms with E-state index in [1.807, 2.05) is 44.2 Å². The summed E-state index contributed by atoms with van der Waals surface area (Å²) in [5.74, 6) is -0.0495. The maximum atomic E-state index is 13.9. The molecule has 0 spiro atoms. The highest BCUT2D eigenvalue weighted by molar-refractivity contribution is 7.89. The van der Waals surface area contributed by atoms with Crippen LogP contribution in [-0.2, 0) is 35.4 Å². The Bertz CT molecular complexity index is 1350. The van der Waals surface area contributed by atoms with Crippen LogP contribution in [0.3, 0.4) is 0 Å². The number of anilines is 1. The monoisotopic (exact) mass is 617 g/mol. The third kappa shape index (κ3) is 8.99. The van der Waals surface area contributed by atoms with Crippen LogP contribution in [0.4, 0.5) is 10.5 Å². The standard InChI is InChI=1S/C31H43N3O8S/c1-21(35)12-14-31(2,3)20-34(43(38,39)24-11-7-10-23(32)17-24)18-27(36)26(16-22-8-5-4-6-9-22)33-30(37)42-28-19-41-29-25(28)13-15-40-29/h4-11,17,25-29,36H,12-16,18-20,32H2,1-3H3,(H,33,37)/t25?,26-,27+,28-,29+/m0/s1. The molecule has 0 aromatic heterocycles. The van der Waals surface area contributed by atoms with E-state index < -0.39 is 39.8 Å². The number of hydrogen-bond acceptors (Lipinski definition) is 9. The molecule has 0 aliphatic carbocycles. The molecule has 12 heteroatoms. The lowest BCUT2D eigenvalue weighted by molar-refractivity contribution is -0.117. The summed E-state index contributed by atoms with van der Waals surface area (Å²) in [6.07, 6.45) is -1.21. The number of fused-ring (bicyclic) bond motifs is 1. The first-order valence-corrected chi connectivity index (χ1v) is 16.1. The molecule has 2 fully saturated rings. The van der Waals surface area contributed by atoms with Crippen LogP contribution < -0.4 is 11.1 Å². The maximum absolute atomic E-state index is 13.9. The molecule has 4 rings (SSSR count). The van der Waals surface area contributed by atoms with E-state index in [2.05, 4.69) is 5.32 Å². The molecule has 43 heavy (non-hydrogen) atoms. The Kier molecular flexibility index (Phi) is 10.8. The van der Waals surface area contributed by atoms with Gasteiger partial charge in [-0.1, -0.05) is 50.2 Å². The van der Waals surface area contributed by atoms with Crippen LogP contribution >= 0.6 is 0 Å². The Labute approximate surface area is 253 Å². The fourth-order valence-corrected chi connectivity index (χ4v) is 7.20. The number of alkyl carbamates (subject to hydrolysis) is 1. The van der Waals surface area contributed by atoms with Crippen molar-refractivity contribution in [3.8, 4) is 0 Å². The van der Waals surface area contributed by atoms with Gasteiger partial charge in [0.1, 0.15) is 11.9 Å². The summed E-state index contributed by atoms with van der Waals surface area (Å²) < 4.78 is 45.9. The SMILES string of the molecule is CC(=O)CCC(C)(C)CN(C[C@@H](O)[C@H](Cc1ccccc1)NC(=O)O[C@H]1CO[C@H]2OCCC21)S(=O)(=O)c1cccc(N)c1. The number of aliphatic hydroxyl groups is 1. The maximum Gasteiger partial charge on any atom is 0.407 e. The van der Waals surface area contributed by atoms with Gasteiger partial charge in [0.15, 0.2) is 6.29 Å². The van der Waals surface area contributed by atoms with Gasteiger partial charge in [-0.05, 0) is 55.4 Å². The fraction of sp³-hybridized carbons (Fsp3) is 0.548. The van der Waals surface area contributed by atoms with Crippen molar-refractivity contribution < 1.29 is 37.3 Å². The van der Waals surface area contributed by atoms with Crippen molar-refractivity contribution in [1.82, 2.24) is 9.62 Å². The van der Waals surface area contributed by atoms with Crippen molar-refractivity contribution in [2.45, 2.75) is 75.9 Å². The Morgan fingerprint density at radius 1 is 1.16 bits per heavy atom. The summed E-state index contributed by atoms with van der Waals surface area (Å²) in [4.78, 5) is 24.8. The van der Waals surface area contributed by atoms with Gasteiger partial charge in [-0.2, -0.15) is 4.31 Å². The number of carbonyl (C=O) groups excluding carboxylic acids is 2. The molecule has 2 aliphatic heterocycles. The van der Waals surface area contributed by atoms with E-state index in [4.69, 9.17) is 19.9 Å². The van der Waals surface area contributed by atoms with Gasteiger partial charge in [-0.15, -0.1) is 0 Å². The minimum absolute atomic E-state index is 0.00661. The van der Waals surface area contributed by atoms with Crippen molar-refractivity contribution >= 4 is 27.6 Å². The number of hydrogen-bond donors (Lipinski definition) is 3. The smallest absolute Gasteiger partial charge is 0.407 e. The Morgan fingerprint density at radius 3 is 2.60 bits per heavy atom. The summed E-state index contributed by atoms with van der Waals surface area (Å²) >= 11 is 0. The fourth-order valence-electron chi connectivity index (χ4n) is 5.50. The van der Waals surface area contributed by atoms with Crippen LogP contribution in [0, 0.1) is 11.3 Å². The number of aliphatic hydroxyl groups excluding tert-OH is 1. The van der Waals surface area contributed by atoms with E-state index in [1.165, 1.54) is 23.4 Å². The molecule has 5 atom stereocenters. The molecule has 2 saturated heterocycles. The van der Waals surface area contributed by atoms with E-state index in [9.17, 15) is 23.1 Å². The summed E-state index contributed by atoms with van der Waals surface area (Å²) in [6.45, 7) is 5.72. The molecule has 11 nitrogen and oxygen atoms in total. The number of carbonyl (C=O) groups is 2. The topological polar surface area (TPSA) is 157 Å². The summed E-state index contributed by atoms with van der Waals surface area (Å²) in [7, 11) is -4.12. The molecule has 4 N–H and O–H groups in total. The lowest BCUT2D eigenvalue weighted by Crippen LogP contribution is -2.52. The molecule has 0 saturated carbocycles. The highest BCUT2D eigenvalue weighted by Gasteiger charge is 2.44. The van der Waals surface area contributed by atoms with Crippen LogP contribution in [0.25, 0.3) is 0 Å². The van der Waals surface area contributed by atoms with Gasteiger partial charge < -0.3 is 35.2 Å². The largest absolute Gasteiger partial charge is 0.443 e. The number of rotatable bonds is 14. The molecule has 2 aromatic rings. The predicted molar refractivity (Wildman–Crippen MR) is 160 cm³/mol. The number of amides is 1. The molecule has 0 bridgehead atoms. The first kappa shape index (κ1) is 32.9. The Hall–Kier alpha value is -3.03. The van der Waals surface area contributed by atoms with Crippen LogP contribution in [0.15, 0.2) is 59.5 Å². The third-order valence-corrected chi connectivity index (χ3v) is 9.76. The number of nitrogens with two attached hydrogens (primary N) is 1. The highest BCUT2D eigenvalue weighted by Crippen LogP contribution is 2.33. The zero-order valence-electron chi connectivity index (χ0n) is 25.0. The highest BCUT2D eigenvalue weighted by atomic mass is 32.2. The first-order chi connectivity index (χ1) is 20.3. The minimum atomic E-state index is -4.12. The lowest BCUT2D eigenvalue weighted by atomic mass is 9.87. The van der Waals surface area contributed by atoms with Gasteiger partial charge in [0.05, 0.1) is 36.2 Å². The van der Waals surface area contributed by atoms with Crippen LogP contribution in [0.5, 0.6) is 0 Å². The number of nitrogen functional groups attached to an aromatic ring is 1. The number of ketones is 1. The average Bonchev–Trinajstić information content (AvgIpc) is 3.57. The molecule has 0 radical (unpaired) electrons. The number of nitrogens with zero attached hydrogens (tertiary/aromatic N) is 1. The molecular formula is C31H43N3O8S.